The summed E-state index contributed by atoms with van der Waals surface area (Å²) >= 11 is 0. The molecule has 0 aliphatic carbocycles. The number of amides is 1. The topological polar surface area (TPSA) is 251 Å². The number of nitrogens with one attached hydrogen (secondary N) is 1. The summed E-state index contributed by atoms with van der Waals surface area (Å²) in [5.41, 5.74) is 5.48. The molecule has 0 aromatic heterocycles. The van der Waals surface area contributed by atoms with Crippen LogP contribution < -0.4 is 11.1 Å². The number of aliphatic hydroxyl groups excluding tert-OH is 6. The molecule has 1 amide bonds. The van der Waals surface area contributed by atoms with Gasteiger partial charge in [0.25, 0.3) is 0 Å². The number of aliphatic carboxylic acids is 1. The van der Waals surface area contributed by atoms with Gasteiger partial charge in [0.15, 0.2) is 12.6 Å². The van der Waals surface area contributed by atoms with Crippen molar-refractivity contribution in [3.05, 3.63) is 0 Å². The summed E-state index contributed by atoms with van der Waals surface area (Å²) in [7, 11) is 0. The molecule has 2 fully saturated rings. The minimum absolute atomic E-state index is 0.207. The van der Waals surface area contributed by atoms with E-state index in [1.165, 1.54) is 0 Å². The third-order valence-electron chi connectivity index (χ3n) is 7.02. The van der Waals surface area contributed by atoms with Gasteiger partial charge in [0.1, 0.15) is 55.4 Å². The summed E-state index contributed by atoms with van der Waals surface area (Å²) in [4.78, 5) is 23.1. The van der Waals surface area contributed by atoms with Crippen LogP contribution in [0.1, 0.15) is 57.8 Å². The van der Waals surface area contributed by atoms with Crippen LogP contribution in [0, 0.1) is 0 Å². The Balaban J connectivity index is 1.84. The zero-order valence-corrected chi connectivity index (χ0v) is 22.6. The monoisotopic (exact) mass is 582 g/mol. The van der Waals surface area contributed by atoms with E-state index in [-0.39, 0.29) is 18.9 Å². The van der Waals surface area contributed by atoms with Crippen LogP contribution in [0.5, 0.6) is 0 Å². The van der Waals surface area contributed by atoms with Gasteiger partial charge in [-0.25, -0.2) is 4.79 Å². The standard InChI is InChI=1S/C25H46N2O13/c26-10-8-6-4-2-1-3-5-7-9-16(29)27-11-14-18(32)20(34)21(35)24(38-14)40-25-22(36)23(37-13-17(30)31)19(33)15(12-28)39-25/h14-15,18-25,28,32-36H,1-13,26H2,(H,27,29)(H,30,31)/t14-,15+,18-,19+,20-,21+,22-,23+,24-,25+/m1/s1. The Labute approximate surface area is 233 Å². The van der Waals surface area contributed by atoms with Gasteiger partial charge in [0.05, 0.1) is 6.61 Å². The molecule has 15 heteroatoms. The van der Waals surface area contributed by atoms with Crippen molar-refractivity contribution in [2.45, 2.75) is 119 Å². The SMILES string of the molecule is NCCCCCCCCCCC(=O)NC[C@H]1O[C@H](O[C@@H]2O[C@@H](CO)[C@H](O)[C@H](OCC(=O)O)[C@H]2O)[C@@H](O)[C@H](O)[C@@H]1O. The number of unbranched alkanes of at least 4 members (excludes halogenated alkanes) is 7. The van der Waals surface area contributed by atoms with Gasteiger partial charge in [-0.2, -0.15) is 0 Å². The Hall–Kier alpha value is -1.50. The summed E-state index contributed by atoms with van der Waals surface area (Å²) in [5, 5.41) is 72.9. The second-order valence-corrected chi connectivity index (χ2v) is 10.2. The van der Waals surface area contributed by atoms with Gasteiger partial charge < -0.3 is 65.7 Å². The summed E-state index contributed by atoms with van der Waals surface area (Å²) in [6.07, 6.45) is -7.47. The summed E-state index contributed by atoms with van der Waals surface area (Å²) in [6, 6.07) is 0. The smallest absolute Gasteiger partial charge is 0.329 e. The van der Waals surface area contributed by atoms with E-state index in [1.807, 2.05) is 0 Å². The van der Waals surface area contributed by atoms with Crippen molar-refractivity contribution in [2.75, 3.05) is 26.3 Å². The van der Waals surface area contributed by atoms with Gasteiger partial charge in [0, 0.05) is 13.0 Å². The number of rotatable bonds is 18. The van der Waals surface area contributed by atoms with Crippen molar-refractivity contribution in [1.29, 1.82) is 0 Å². The van der Waals surface area contributed by atoms with E-state index in [4.69, 9.17) is 29.8 Å². The molecule has 40 heavy (non-hydrogen) atoms. The van der Waals surface area contributed by atoms with Crippen LogP contribution in [0.3, 0.4) is 0 Å². The third kappa shape index (κ3) is 10.7. The van der Waals surface area contributed by atoms with Crippen molar-refractivity contribution < 1.29 is 64.3 Å². The molecule has 234 valence electrons. The number of carboxylic acids is 1. The van der Waals surface area contributed by atoms with Gasteiger partial charge in [-0.3, -0.25) is 4.79 Å². The Bertz CT molecular complexity index is 748. The first kappa shape index (κ1) is 34.7. The Morgan fingerprint density at radius 1 is 0.750 bits per heavy atom. The molecule has 2 heterocycles. The summed E-state index contributed by atoms with van der Waals surface area (Å²) in [6.45, 7) is -1.10. The number of carbonyl (C=O) groups is 2. The molecule has 2 aliphatic rings. The van der Waals surface area contributed by atoms with Crippen LogP contribution >= 0.6 is 0 Å². The molecule has 10 atom stereocenters. The van der Waals surface area contributed by atoms with Gasteiger partial charge in [-0.1, -0.05) is 38.5 Å². The lowest BCUT2D eigenvalue weighted by Crippen LogP contribution is -2.64. The van der Waals surface area contributed by atoms with Gasteiger partial charge in [0.2, 0.25) is 5.91 Å². The van der Waals surface area contributed by atoms with Crippen LogP contribution in [0.2, 0.25) is 0 Å². The van der Waals surface area contributed by atoms with E-state index in [2.05, 4.69) is 5.32 Å². The summed E-state index contributed by atoms with van der Waals surface area (Å²) in [5.74, 6) is -1.65. The summed E-state index contributed by atoms with van der Waals surface area (Å²) < 4.78 is 21.4. The third-order valence-corrected chi connectivity index (χ3v) is 7.02. The molecule has 2 saturated heterocycles. The predicted octanol–water partition coefficient (Wildman–Crippen LogP) is -2.69. The lowest BCUT2D eigenvalue weighted by Gasteiger charge is -2.45. The maximum absolute atomic E-state index is 12.3. The highest BCUT2D eigenvalue weighted by Crippen LogP contribution is 2.29. The van der Waals surface area contributed by atoms with Crippen LogP contribution in [0.25, 0.3) is 0 Å². The van der Waals surface area contributed by atoms with Gasteiger partial charge in [-0.15, -0.1) is 0 Å². The number of carboxylic acid groups (broad SMARTS) is 1. The van der Waals surface area contributed by atoms with E-state index in [0.29, 0.717) is 13.0 Å². The largest absolute Gasteiger partial charge is 0.480 e. The zero-order chi connectivity index (χ0) is 29.7. The van der Waals surface area contributed by atoms with Crippen LogP contribution in [0.4, 0.5) is 0 Å². The second-order valence-electron chi connectivity index (χ2n) is 10.2. The second kappa shape index (κ2) is 18.1. The zero-order valence-electron chi connectivity index (χ0n) is 22.6. The number of ether oxygens (including phenoxy) is 4. The predicted molar refractivity (Wildman–Crippen MR) is 137 cm³/mol. The lowest BCUT2D eigenvalue weighted by molar-refractivity contribution is -0.376. The highest BCUT2D eigenvalue weighted by Gasteiger charge is 2.50. The van der Waals surface area contributed by atoms with Crippen molar-refractivity contribution in [1.82, 2.24) is 5.32 Å². The number of hydrogen-bond acceptors (Lipinski definition) is 13. The molecular formula is C25H46N2O13. The van der Waals surface area contributed by atoms with Crippen molar-refractivity contribution in [3.8, 4) is 0 Å². The quantitative estimate of drug-likeness (QED) is 0.0746. The molecule has 15 nitrogen and oxygen atoms in total. The number of hydrogen-bond donors (Lipinski definition) is 9. The highest BCUT2D eigenvalue weighted by atomic mass is 16.8. The first-order chi connectivity index (χ1) is 19.1. The molecule has 0 radical (unpaired) electrons. The molecule has 2 rings (SSSR count). The van der Waals surface area contributed by atoms with Crippen LogP contribution in [-0.4, -0.2) is 135 Å². The lowest BCUT2D eigenvalue weighted by atomic mass is 9.97. The molecule has 0 saturated carbocycles. The van der Waals surface area contributed by atoms with Crippen molar-refractivity contribution in [2.24, 2.45) is 5.73 Å². The normalized spacial score (nSPS) is 34.5. The molecule has 0 aromatic carbocycles. The first-order valence-electron chi connectivity index (χ1n) is 13.9. The van der Waals surface area contributed by atoms with Crippen molar-refractivity contribution >= 4 is 11.9 Å². The number of aliphatic hydroxyl groups is 6. The Morgan fingerprint density at radius 2 is 1.32 bits per heavy atom. The fourth-order valence-corrected chi connectivity index (χ4v) is 4.65. The fourth-order valence-electron chi connectivity index (χ4n) is 4.65. The van der Waals surface area contributed by atoms with E-state index < -0.39 is 80.6 Å². The molecule has 0 unspecified atom stereocenters. The van der Waals surface area contributed by atoms with Gasteiger partial charge >= 0.3 is 5.97 Å². The average molecular weight is 583 g/mol. The van der Waals surface area contributed by atoms with Crippen LogP contribution in [-0.2, 0) is 28.5 Å². The number of nitrogens with two attached hydrogens (primary N) is 1. The molecule has 10 N–H and O–H groups in total. The van der Waals surface area contributed by atoms with E-state index >= 15 is 0 Å². The van der Waals surface area contributed by atoms with E-state index in [9.17, 15) is 40.2 Å². The fraction of sp³-hybridized carbons (Fsp3) is 0.920. The Morgan fingerprint density at radius 3 is 1.93 bits per heavy atom. The molecular weight excluding hydrogens is 536 g/mol. The minimum atomic E-state index is -1.80. The molecule has 0 aromatic rings. The van der Waals surface area contributed by atoms with E-state index in [0.717, 1.165) is 44.9 Å². The first-order valence-corrected chi connectivity index (χ1v) is 13.9. The maximum atomic E-state index is 12.3. The Kier molecular flexibility index (Phi) is 15.7. The van der Waals surface area contributed by atoms with E-state index in [1.54, 1.807) is 0 Å². The average Bonchev–Trinajstić information content (AvgIpc) is 2.92. The maximum Gasteiger partial charge on any atom is 0.329 e. The molecule has 0 bridgehead atoms. The highest BCUT2D eigenvalue weighted by molar-refractivity contribution is 5.75. The number of carbonyl (C=O) groups excluding carboxylic acids is 1. The molecule has 0 spiro atoms. The van der Waals surface area contributed by atoms with Crippen LogP contribution in [0.15, 0.2) is 0 Å². The molecule has 2 aliphatic heterocycles. The minimum Gasteiger partial charge on any atom is -0.480 e. The van der Waals surface area contributed by atoms with Gasteiger partial charge in [-0.05, 0) is 19.4 Å². The van der Waals surface area contributed by atoms with Crippen molar-refractivity contribution in [3.63, 3.8) is 0 Å².